The molecule has 1 fully saturated rings. The maximum atomic E-state index is 13.4. The smallest absolute Gasteiger partial charge is 0.352 e. The molecule has 1 N–H and O–H groups in total. The molecule has 0 bridgehead atoms. The van der Waals surface area contributed by atoms with Gasteiger partial charge in [0.25, 0.3) is 0 Å². The number of benzene rings is 2. The molecule has 39 heavy (non-hydrogen) atoms. The Kier molecular flexibility index (Phi) is 10.3. The number of rotatable bonds is 11. The molecule has 3 rings (SSSR count). The summed E-state index contributed by atoms with van der Waals surface area (Å²) < 4.78 is 65.3. The second-order valence-electron chi connectivity index (χ2n) is 9.80. The van der Waals surface area contributed by atoms with Gasteiger partial charge in [0.05, 0.1) is 17.5 Å². The standard InChI is InChI=1S/C27H33ClF3N3O4S/c1-19(26(36)32-23-8-3-4-9-23)33(18-20-12-14-22(28)15-13-20)25(35)11-6-16-34(39(2,37)38)24-10-5-7-21(17-24)27(29,30)31/h5,7,10,12-15,17,19,23H,3-4,6,8-9,11,16,18H2,1-2H3,(H,32,36)/t19-/m1/s1. The third-order valence-electron chi connectivity index (χ3n) is 6.75. The average molecular weight is 588 g/mol. The van der Waals surface area contributed by atoms with Crippen molar-refractivity contribution in [2.24, 2.45) is 0 Å². The number of sulfonamides is 1. The molecule has 2 amide bonds. The molecule has 0 heterocycles. The fourth-order valence-corrected chi connectivity index (χ4v) is 5.69. The Balaban J connectivity index is 1.74. The van der Waals surface area contributed by atoms with E-state index in [0.717, 1.165) is 60.0 Å². The quantitative estimate of drug-likeness (QED) is 0.382. The molecule has 1 aliphatic rings. The van der Waals surface area contributed by atoms with E-state index in [1.807, 2.05) is 0 Å². The summed E-state index contributed by atoms with van der Waals surface area (Å²) in [4.78, 5) is 27.8. The second-order valence-corrected chi connectivity index (χ2v) is 12.1. The maximum Gasteiger partial charge on any atom is 0.416 e. The number of hydrogen-bond acceptors (Lipinski definition) is 4. The summed E-state index contributed by atoms with van der Waals surface area (Å²) in [7, 11) is -3.93. The molecular weight excluding hydrogens is 555 g/mol. The first-order valence-corrected chi connectivity index (χ1v) is 15.0. The van der Waals surface area contributed by atoms with Crippen LogP contribution in [-0.4, -0.2) is 50.0 Å². The van der Waals surface area contributed by atoms with Gasteiger partial charge in [-0.2, -0.15) is 13.2 Å². The highest BCUT2D eigenvalue weighted by atomic mass is 35.5. The fraction of sp³-hybridized carbons (Fsp3) is 0.481. The highest BCUT2D eigenvalue weighted by molar-refractivity contribution is 7.92. The van der Waals surface area contributed by atoms with Crippen molar-refractivity contribution in [3.05, 3.63) is 64.7 Å². The van der Waals surface area contributed by atoms with Crippen molar-refractivity contribution in [3.8, 4) is 0 Å². The molecule has 0 aliphatic heterocycles. The summed E-state index contributed by atoms with van der Waals surface area (Å²) in [6.07, 6.45) is 0.0472. The van der Waals surface area contributed by atoms with Crippen LogP contribution in [0.25, 0.3) is 0 Å². The van der Waals surface area contributed by atoms with E-state index in [-0.39, 0.29) is 49.5 Å². The minimum absolute atomic E-state index is 0.0379. The van der Waals surface area contributed by atoms with Crippen LogP contribution in [0.3, 0.4) is 0 Å². The van der Waals surface area contributed by atoms with E-state index in [1.165, 1.54) is 11.0 Å². The van der Waals surface area contributed by atoms with Crippen LogP contribution in [-0.2, 0) is 32.3 Å². The number of hydrogen-bond donors (Lipinski definition) is 1. The lowest BCUT2D eigenvalue weighted by Crippen LogP contribution is -2.49. The Morgan fingerprint density at radius 3 is 2.33 bits per heavy atom. The molecule has 2 aromatic rings. The molecule has 0 spiro atoms. The van der Waals surface area contributed by atoms with Crippen LogP contribution in [0.4, 0.5) is 18.9 Å². The summed E-state index contributed by atoms with van der Waals surface area (Å²) in [6.45, 7) is 1.57. The van der Waals surface area contributed by atoms with Gasteiger partial charge in [-0.25, -0.2) is 8.42 Å². The lowest BCUT2D eigenvalue weighted by atomic mass is 10.1. The summed E-state index contributed by atoms with van der Waals surface area (Å²) in [5.41, 5.74) is -0.349. The van der Waals surface area contributed by atoms with Gasteiger partial charge in [0.2, 0.25) is 21.8 Å². The van der Waals surface area contributed by atoms with Gasteiger partial charge in [-0.1, -0.05) is 42.6 Å². The maximum absolute atomic E-state index is 13.4. The van der Waals surface area contributed by atoms with E-state index in [2.05, 4.69) is 5.32 Å². The highest BCUT2D eigenvalue weighted by Gasteiger charge is 2.32. The fourth-order valence-electron chi connectivity index (χ4n) is 4.60. The van der Waals surface area contributed by atoms with E-state index < -0.39 is 27.8 Å². The summed E-state index contributed by atoms with van der Waals surface area (Å²) in [5.74, 6) is -0.651. The van der Waals surface area contributed by atoms with Crippen LogP contribution in [0.1, 0.15) is 56.6 Å². The lowest BCUT2D eigenvalue weighted by Gasteiger charge is -2.30. The molecule has 0 aromatic heterocycles. The van der Waals surface area contributed by atoms with E-state index in [4.69, 9.17) is 11.6 Å². The molecule has 214 valence electrons. The van der Waals surface area contributed by atoms with Crippen LogP contribution < -0.4 is 9.62 Å². The number of alkyl halides is 3. The third-order valence-corrected chi connectivity index (χ3v) is 8.19. The minimum Gasteiger partial charge on any atom is -0.352 e. The van der Waals surface area contributed by atoms with Gasteiger partial charge in [0, 0.05) is 30.6 Å². The van der Waals surface area contributed by atoms with Gasteiger partial charge in [-0.15, -0.1) is 0 Å². The number of nitrogens with zero attached hydrogens (tertiary/aromatic N) is 2. The van der Waals surface area contributed by atoms with Crippen LogP contribution in [0.2, 0.25) is 5.02 Å². The van der Waals surface area contributed by atoms with E-state index in [9.17, 15) is 31.2 Å². The summed E-state index contributed by atoms with van der Waals surface area (Å²) >= 11 is 5.98. The van der Waals surface area contributed by atoms with Gasteiger partial charge < -0.3 is 10.2 Å². The largest absolute Gasteiger partial charge is 0.416 e. The topological polar surface area (TPSA) is 86.8 Å². The molecule has 0 saturated heterocycles. The van der Waals surface area contributed by atoms with Crippen molar-refractivity contribution in [1.29, 1.82) is 0 Å². The van der Waals surface area contributed by atoms with Crippen molar-refractivity contribution < 1.29 is 31.2 Å². The normalized spacial score (nSPS) is 15.1. The third kappa shape index (κ3) is 8.86. The first-order valence-electron chi connectivity index (χ1n) is 12.7. The Morgan fingerprint density at radius 1 is 1.10 bits per heavy atom. The number of anilines is 1. The van der Waals surface area contributed by atoms with Crippen molar-refractivity contribution in [2.45, 2.75) is 70.3 Å². The Labute approximate surface area is 232 Å². The highest BCUT2D eigenvalue weighted by Crippen LogP contribution is 2.32. The number of carbonyl (C=O) groups is 2. The molecule has 0 unspecified atom stereocenters. The first kappa shape index (κ1) is 30.7. The molecule has 12 heteroatoms. The van der Waals surface area contributed by atoms with E-state index >= 15 is 0 Å². The molecular formula is C27H33ClF3N3O4S. The van der Waals surface area contributed by atoms with Crippen molar-refractivity contribution in [3.63, 3.8) is 0 Å². The van der Waals surface area contributed by atoms with E-state index in [0.29, 0.717) is 5.02 Å². The van der Waals surface area contributed by atoms with Crippen LogP contribution in [0.5, 0.6) is 0 Å². The number of carbonyl (C=O) groups excluding carboxylic acids is 2. The van der Waals surface area contributed by atoms with Gasteiger partial charge in [0.15, 0.2) is 0 Å². The zero-order valence-corrected chi connectivity index (χ0v) is 23.5. The Bertz CT molecular complexity index is 1250. The predicted octanol–water partition coefficient (Wildman–Crippen LogP) is 5.38. The summed E-state index contributed by atoms with van der Waals surface area (Å²) in [6, 6.07) is 10.2. The van der Waals surface area contributed by atoms with Crippen molar-refractivity contribution in [2.75, 3.05) is 17.1 Å². The van der Waals surface area contributed by atoms with Crippen molar-refractivity contribution >= 4 is 39.1 Å². The Morgan fingerprint density at radius 2 is 1.74 bits per heavy atom. The number of nitrogens with one attached hydrogen (secondary N) is 1. The van der Waals surface area contributed by atoms with Crippen molar-refractivity contribution in [1.82, 2.24) is 10.2 Å². The SMILES string of the molecule is C[C@H](C(=O)NC1CCCC1)N(Cc1ccc(Cl)cc1)C(=O)CCCN(c1cccc(C(F)(F)F)c1)S(C)(=O)=O. The average Bonchev–Trinajstić information content (AvgIpc) is 3.37. The molecule has 1 atom stereocenters. The molecule has 1 saturated carbocycles. The molecule has 0 radical (unpaired) electrons. The monoisotopic (exact) mass is 587 g/mol. The van der Waals surface area contributed by atoms with Gasteiger partial charge in [-0.3, -0.25) is 13.9 Å². The van der Waals surface area contributed by atoms with Crippen LogP contribution >= 0.6 is 11.6 Å². The predicted molar refractivity (Wildman–Crippen MR) is 145 cm³/mol. The van der Waals surface area contributed by atoms with Crippen LogP contribution in [0, 0.1) is 0 Å². The first-order chi connectivity index (χ1) is 18.3. The summed E-state index contributed by atoms with van der Waals surface area (Å²) in [5, 5.41) is 3.54. The Hall–Kier alpha value is -2.79. The van der Waals surface area contributed by atoms with Crippen LogP contribution in [0.15, 0.2) is 48.5 Å². The lowest BCUT2D eigenvalue weighted by molar-refractivity contribution is -0.141. The second kappa shape index (κ2) is 13.0. The minimum atomic E-state index is -4.63. The van der Waals surface area contributed by atoms with E-state index in [1.54, 1.807) is 31.2 Å². The molecule has 2 aromatic carbocycles. The van der Waals surface area contributed by atoms with Gasteiger partial charge in [0.1, 0.15) is 6.04 Å². The zero-order valence-electron chi connectivity index (χ0n) is 21.9. The molecule has 7 nitrogen and oxygen atoms in total. The number of amides is 2. The van der Waals surface area contributed by atoms with Gasteiger partial charge >= 0.3 is 6.18 Å². The number of halogens is 4. The zero-order chi connectivity index (χ0) is 28.8. The molecule has 1 aliphatic carbocycles. The van der Waals surface area contributed by atoms with Gasteiger partial charge in [-0.05, 0) is 62.1 Å².